The zero-order valence-corrected chi connectivity index (χ0v) is 16.5. The predicted octanol–water partition coefficient (Wildman–Crippen LogP) is 2.49. The molecular weight excluding hydrogens is 368 g/mol. The van der Waals surface area contributed by atoms with E-state index in [1.165, 1.54) is 0 Å². The van der Waals surface area contributed by atoms with E-state index in [0.717, 1.165) is 16.1 Å². The summed E-state index contributed by atoms with van der Waals surface area (Å²) in [5, 5.41) is 2.70. The number of carbonyl (C=O) groups is 1. The van der Waals surface area contributed by atoms with E-state index in [-0.39, 0.29) is 13.1 Å². The predicted molar refractivity (Wildman–Crippen MR) is 104 cm³/mol. The van der Waals surface area contributed by atoms with Crippen LogP contribution in [0.15, 0.2) is 48.5 Å². The standard InChI is InChI=1S/C19H24N2O5S/c1-4-26-18-11-7-16(8-12-18)20-19(22)14-21(27(3,23)24)13-15-5-9-17(25-2)10-6-15/h5-12H,4,13-14H2,1-3H3,(H,20,22). The van der Waals surface area contributed by atoms with Gasteiger partial charge in [-0.1, -0.05) is 12.1 Å². The Balaban J connectivity index is 2.03. The van der Waals surface area contributed by atoms with Gasteiger partial charge < -0.3 is 14.8 Å². The average molecular weight is 392 g/mol. The van der Waals surface area contributed by atoms with Crippen LogP contribution in [0, 0.1) is 0 Å². The number of rotatable bonds is 9. The summed E-state index contributed by atoms with van der Waals surface area (Å²) in [7, 11) is -2.00. The highest BCUT2D eigenvalue weighted by atomic mass is 32.2. The minimum absolute atomic E-state index is 0.0968. The minimum atomic E-state index is -3.56. The summed E-state index contributed by atoms with van der Waals surface area (Å²) >= 11 is 0. The molecule has 1 amide bonds. The van der Waals surface area contributed by atoms with Gasteiger partial charge in [0.15, 0.2) is 0 Å². The van der Waals surface area contributed by atoms with Crippen molar-refractivity contribution in [2.45, 2.75) is 13.5 Å². The highest BCUT2D eigenvalue weighted by Gasteiger charge is 2.20. The molecule has 1 N–H and O–H groups in total. The van der Waals surface area contributed by atoms with Crippen molar-refractivity contribution in [3.05, 3.63) is 54.1 Å². The Hall–Kier alpha value is -2.58. The molecule has 2 aromatic rings. The first-order valence-corrected chi connectivity index (χ1v) is 10.3. The van der Waals surface area contributed by atoms with E-state index >= 15 is 0 Å². The molecule has 0 radical (unpaired) electrons. The smallest absolute Gasteiger partial charge is 0.239 e. The van der Waals surface area contributed by atoms with Crippen LogP contribution in [0.4, 0.5) is 5.69 Å². The molecule has 7 nitrogen and oxygen atoms in total. The van der Waals surface area contributed by atoms with Crippen LogP contribution in [-0.4, -0.2) is 45.1 Å². The van der Waals surface area contributed by atoms with Crippen LogP contribution >= 0.6 is 0 Å². The first-order valence-electron chi connectivity index (χ1n) is 8.42. The van der Waals surface area contributed by atoms with Crippen molar-refractivity contribution in [1.29, 1.82) is 0 Å². The number of sulfonamides is 1. The van der Waals surface area contributed by atoms with Crippen LogP contribution in [0.2, 0.25) is 0 Å². The summed E-state index contributed by atoms with van der Waals surface area (Å²) in [6.07, 6.45) is 1.08. The fraction of sp³-hybridized carbons (Fsp3) is 0.316. The van der Waals surface area contributed by atoms with Gasteiger partial charge in [-0.3, -0.25) is 4.79 Å². The summed E-state index contributed by atoms with van der Waals surface area (Å²) < 4.78 is 35.7. The van der Waals surface area contributed by atoms with Crippen LogP contribution in [-0.2, 0) is 21.4 Å². The number of carbonyl (C=O) groups excluding carboxylic acids is 1. The minimum Gasteiger partial charge on any atom is -0.497 e. The molecule has 0 aromatic heterocycles. The van der Waals surface area contributed by atoms with Gasteiger partial charge >= 0.3 is 0 Å². The molecule has 0 spiro atoms. The lowest BCUT2D eigenvalue weighted by Crippen LogP contribution is -2.36. The van der Waals surface area contributed by atoms with E-state index in [9.17, 15) is 13.2 Å². The number of hydrogen-bond acceptors (Lipinski definition) is 5. The number of nitrogens with zero attached hydrogens (tertiary/aromatic N) is 1. The van der Waals surface area contributed by atoms with E-state index in [2.05, 4.69) is 5.32 Å². The van der Waals surface area contributed by atoms with Gasteiger partial charge in [0.1, 0.15) is 11.5 Å². The van der Waals surface area contributed by atoms with Crippen LogP contribution in [0.1, 0.15) is 12.5 Å². The zero-order chi connectivity index (χ0) is 19.9. The molecule has 0 saturated carbocycles. The molecule has 27 heavy (non-hydrogen) atoms. The quantitative estimate of drug-likeness (QED) is 0.709. The molecule has 146 valence electrons. The molecule has 0 fully saturated rings. The van der Waals surface area contributed by atoms with Crippen molar-refractivity contribution in [3.63, 3.8) is 0 Å². The maximum absolute atomic E-state index is 12.3. The van der Waals surface area contributed by atoms with E-state index in [0.29, 0.717) is 23.8 Å². The van der Waals surface area contributed by atoms with Crippen molar-refractivity contribution >= 4 is 21.6 Å². The summed E-state index contributed by atoms with van der Waals surface area (Å²) in [6, 6.07) is 13.9. The maximum Gasteiger partial charge on any atom is 0.239 e. The van der Waals surface area contributed by atoms with Gasteiger partial charge in [-0.05, 0) is 48.9 Å². The Bertz CT molecular complexity index is 849. The second kappa shape index (κ2) is 9.38. The molecular formula is C19H24N2O5S. The van der Waals surface area contributed by atoms with Gasteiger partial charge in [-0.25, -0.2) is 8.42 Å². The third-order valence-corrected chi connectivity index (χ3v) is 4.95. The molecule has 2 rings (SSSR count). The lowest BCUT2D eigenvalue weighted by Gasteiger charge is -2.20. The Labute approximate surface area is 160 Å². The number of nitrogens with one attached hydrogen (secondary N) is 1. The summed E-state index contributed by atoms with van der Waals surface area (Å²) in [5.41, 5.74) is 1.33. The fourth-order valence-electron chi connectivity index (χ4n) is 2.39. The molecule has 0 heterocycles. The average Bonchev–Trinajstić information content (AvgIpc) is 2.63. The Morgan fingerprint density at radius 3 is 2.15 bits per heavy atom. The number of benzene rings is 2. The maximum atomic E-state index is 12.3. The molecule has 0 aliphatic carbocycles. The molecule has 0 atom stereocenters. The molecule has 8 heteroatoms. The molecule has 0 unspecified atom stereocenters. The molecule has 0 bridgehead atoms. The Morgan fingerprint density at radius 1 is 1.04 bits per heavy atom. The number of hydrogen-bond donors (Lipinski definition) is 1. The van der Waals surface area contributed by atoms with Gasteiger partial charge in [0.2, 0.25) is 15.9 Å². The molecule has 0 saturated heterocycles. The van der Waals surface area contributed by atoms with Crippen molar-refractivity contribution in [1.82, 2.24) is 4.31 Å². The monoisotopic (exact) mass is 392 g/mol. The van der Waals surface area contributed by atoms with Crippen molar-refractivity contribution in [2.75, 3.05) is 31.8 Å². The number of methoxy groups -OCH3 is 1. The molecule has 0 aliphatic heterocycles. The number of ether oxygens (including phenoxy) is 2. The largest absolute Gasteiger partial charge is 0.497 e. The summed E-state index contributed by atoms with van der Waals surface area (Å²) in [6.45, 7) is 2.26. The van der Waals surface area contributed by atoms with E-state index in [1.807, 2.05) is 6.92 Å². The Kier molecular flexibility index (Phi) is 7.20. The van der Waals surface area contributed by atoms with Gasteiger partial charge in [0.05, 0.1) is 26.5 Å². The van der Waals surface area contributed by atoms with E-state index in [4.69, 9.17) is 9.47 Å². The Morgan fingerprint density at radius 2 is 1.63 bits per heavy atom. The second-order valence-electron chi connectivity index (χ2n) is 5.88. The van der Waals surface area contributed by atoms with Crippen molar-refractivity contribution < 1.29 is 22.7 Å². The molecule has 2 aromatic carbocycles. The van der Waals surface area contributed by atoms with Gasteiger partial charge in [-0.2, -0.15) is 4.31 Å². The third-order valence-electron chi connectivity index (χ3n) is 3.76. The van der Waals surface area contributed by atoms with E-state index < -0.39 is 15.9 Å². The first-order chi connectivity index (χ1) is 12.8. The van der Waals surface area contributed by atoms with Crippen molar-refractivity contribution in [2.24, 2.45) is 0 Å². The first kappa shape index (κ1) is 20.7. The lowest BCUT2D eigenvalue weighted by atomic mass is 10.2. The van der Waals surface area contributed by atoms with Gasteiger partial charge in [-0.15, -0.1) is 0 Å². The fourth-order valence-corrected chi connectivity index (χ4v) is 3.12. The normalized spacial score (nSPS) is 11.3. The SMILES string of the molecule is CCOc1ccc(NC(=O)CN(Cc2ccc(OC)cc2)S(C)(=O)=O)cc1. The summed E-state index contributed by atoms with van der Waals surface area (Å²) in [4.78, 5) is 12.3. The third kappa shape index (κ3) is 6.58. The van der Waals surface area contributed by atoms with E-state index in [1.54, 1.807) is 55.6 Å². The topological polar surface area (TPSA) is 84.9 Å². The lowest BCUT2D eigenvalue weighted by molar-refractivity contribution is -0.116. The highest BCUT2D eigenvalue weighted by molar-refractivity contribution is 7.88. The number of anilines is 1. The molecule has 0 aliphatic rings. The van der Waals surface area contributed by atoms with Gasteiger partial charge in [0.25, 0.3) is 0 Å². The zero-order valence-electron chi connectivity index (χ0n) is 15.6. The summed E-state index contributed by atoms with van der Waals surface area (Å²) in [5.74, 6) is 0.962. The van der Waals surface area contributed by atoms with Crippen LogP contribution in [0.25, 0.3) is 0 Å². The van der Waals surface area contributed by atoms with Crippen LogP contribution in [0.3, 0.4) is 0 Å². The van der Waals surface area contributed by atoms with Gasteiger partial charge in [0, 0.05) is 12.2 Å². The highest BCUT2D eigenvalue weighted by Crippen LogP contribution is 2.17. The second-order valence-corrected chi connectivity index (χ2v) is 7.87. The number of amides is 1. The van der Waals surface area contributed by atoms with Crippen LogP contribution in [0.5, 0.6) is 11.5 Å². The van der Waals surface area contributed by atoms with Crippen LogP contribution < -0.4 is 14.8 Å². The van der Waals surface area contributed by atoms with Crippen molar-refractivity contribution in [3.8, 4) is 11.5 Å².